The van der Waals surface area contributed by atoms with Crippen LogP contribution in [0.1, 0.15) is 60.0 Å². The van der Waals surface area contributed by atoms with E-state index in [4.69, 9.17) is 4.74 Å². The second-order valence-corrected chi connectivity index (χ2v) is 8.46. The molecule has 0 spiro atoms. The Labute approximate surface area is 175 Å². The van der Waals surface area contributed by atoms with Crippen LogP contribution in [0.5, 0.6) is 5.75 Å². The van der Waals surface area contributed by atoms with Gasteiger partial charge in [0.25, 0.3) is 11.5 Å². The number of methoxy groups -OCH3 is 1. The molecule has 0 radical (unpaired) electrons. The average molecular weight is 412 g/mol. The quantitative estimate of drug-likeness (QED) is 0.760. The third kappa shape index (κ3) is 4.16. The number of nitrogens with zero attached hydrogens (tertiary/aromatic N) is 1. The van der Waals surface area contributed by atoms with E-state index in [1.807, 2.05) is 20.8 Å². The lowest BCUT2D eigenvalue weighted by Crippen LogP contribution is -2.42. The highest BCUT2D eigenvalue weighted by Gasteiger charge is 2.35. The van der Waals surface area contributed by atoms with Gasteiger partial charge >= 0.3 is 0 Å². The molecule has 1 aliphatic carbocycles. The summed E-state index contributed by atoms with van der Waals surface area (Å²) in [5, 5.41) is 12.1. The summed E-state index contributed by atoms with van der Waals surface area (Å²) in [6.07, 6.45) is 1.40. The SMILES string of the molecule is CCC(CO)NC(=O)c1cc2c(n(-c3ccc(OC)cc3)c1=O)CC(C)(C)CC2=O. The summed E-state index contributed by atoms with van der Waals surface area (Å²) in [6, 6.07) is 7.88. The molecule has 3 rings (SSSR count). The van der Waals surface area contributed by atoms with Crippen LogP contribution >= 0.6 is 0 Å². The fourth-order valence-electron chi connectivity index (χ4n) is 3.82. The minimum Gasteiger partial charge on any atom is -0.497 e. The van der Waals surface area contributed by atoms with Gasteiger partial charge < -0.3 is 15.2 Å². The first-order valence-electron chi connectivity index (χ1n) is 10.1. The monoisotopic (exact) mass is 412 g/mol. The van der Waals surface area contributed by atoms with E-state index in [1.165, 1.54) is 10.6 Å². The minimum atomic E-state index is -0.594. The molecule has 1 aliphatic rings. The number of ketones is 1. The normalized spacial score (nSPS) is 16.0. The summed E-state index contributed by atoms with van der Waals surface area (Å²) in [5.41, 5.74) is 0.674. The number of hydrogen-bond donors (Lipinski definition) is 2. The predicted octanol–water partition coefficient (Wildman–Crippen LogP) is 2.50. The van der Waals surface area contributed by atoms with E-state index < -0.39 is 17.5 Å². The van der Waals surface area contributed by atoms with Crippen molar-refractivity contribution in [2.75, 3.05) is 13.7 Å². The minimum absolute atomic E-state index is 0.0910. The molecule has 0 bridgehead atoms. The van der Waals surface area contributed by atoms with Gasteiger partial charge in [0.15, 0.2) is 5.78 Å². The van der Waals surface area contributed by atoms with Gasteiger partial charge in [-0.25, -0.2) is 0 Å². The molecule has 0 aliphatic heterocycles. The van der Waals surface area contributed by atoms with Crippen LogP contribution < -0.4 is 15.6 Å². The molecule has 30 heavy (non-hydrogen) atoms. The third-order valence-electron chi connectivity index (χ3n) is 5.51. The molecule has 1 aromatic carbocycles. The maximum Gasteiger partial charge on any atom is 0.268 e. The summed E-state index contributed by atoms with van der Waals surface area (Å²) >= 11 is 0. The standard InChI is InChI=1S/C23H28N2O5/c1-5-14(13-26)24-21(28)18-10-17-19(11-23(2,3)12-20(17)27)25(22(18)29)15-6-8-16(30-4)9-7-15/h6-10,14,26H,5,11-13H2,1-4H3,(H,24,28). The zero-order valence-electron chi connectivity index (χ0n) is 17.8. The highest BCUT2D eigenvalue weighted by Crippen LogP contribution is 2.35. The van der Waals surface area contributed by atoms with Crippen molar-refractivity contribution >= 4 is 11.7 Å². The number of aliphatic hydroxyl groups is 1. The second kappa shape index (κ2) is 8.44. The number of hydrogen-bond acceptors (Lipinski definition) is 5. The van der Waals surface area contributed by atoms with E-state index in [0.29, 0.717) is 42.0 Å². The number of carbonyl (C=O) groups excluding carboxylic acids is 2. The molecule has 2 N–H and O–H groups in total. The zero-order valence-corrected chi connectivity index (χ0v) is 17.8. The number of benzene rings is 1. The van der Waals surface area contributed by atoms with Crippen LogP contribution in [0.25, 0.3) is 5.69 Å². The van der Waals surface area contributed by atoms with Crippen molar-refractivity contribution in [1.82, 2.24) is 9.88 Å². The fraction of sp³-hybridized carbons (Fsp3) is 0.435. The van der Waals surface area contributed by atoms with Crippen molar-refractivity contribution in [2.24, 2.45) is 5.41 Å². The van der Waals surface area contributed by atoms with Crippen LogP contribution in [0.4, 0.5) is 0 Å². The first-order valence-corrected chi connectivity index (χ1v) is 10.1. The molecule has 0 fully saturated rings. The first kappa shape index (κ1) is 21.8. The first-order chi connectivity index (χ1) is 14.2. The van der Waals surface area contributed by atoms with Crippen molar-refractivity contribution in [3.63, 3.8) is 0 Å². The van der Waals surface area contributed by atoms with Gasteiger partial charge in [0, 0.05) is 23.4 Å². The van der Waals surface area contributed by atoms with Crippen molar-refractivity contribution in [3.05, 3.63) is 57.5 Å². The Bertz CT molecular complexity index is 1020. The molecule has 2 aromatic rings. The summed E-state index contributed by atoms with van der Waals surface area (Å²) in [6.45, 7) is 5.58. The molecule has 1 aromatic heterocycles. The molecule has 1 unspecified atom stereocenters. The largest absolute Gasteiger partial charge is 0.497 e. The maximum absolute atomic E-state index is 13.4. The van der Waals surface area contributed by atoms with Crippen LogP contribution in [0.15, 0.2) is 35.1 Å². The lowest BCUT2D eigenvalue weighted by atomic mass is 9.75. The van der Waals surface area contributed by atoms with Gasteiger partial charge in [0.2, 0.25) is 0 Å². The number of pyridine rings is 1. The van der Waals surface area contributed by atoms with Gasteiger partial charge in [-0.05, 0) is 48.6 Å². The highest BCUT2D eigenvalue weighted by molar-refractivity contribution is 6.02. The number of nitrogens with one attached hydrogen (secondary N) is 1. The Hall–Kier alpha value is -2.93. The van der Waals surface area contributed by atoms with Gasteiger partial charge in [-0.15, -0.1) is 0 Å². The van der Waals surface area contributed by atoms with E-state index in [-0.39, 0.29) is 23.4 Å². The van der Waals surface area contributed by atoms with E-state index >= 15 is 0 Å². The van der Waals surface area contributed by atoms with Crippen LogP contribution in [0.3, 0.4) is 0 Å². The molecule has 160 valence electrons. The molecule has 0 saturated heterocycles. The Kier molecular flexibility index (Phi) is 6.12. The highest BCUT2D eigenvalue weighted by atomic mass is 16.5. The smallest absolute Gasteiger partial charge is 0.268 e. The summed E-state index contributed by atoms with van der Waals surface area (Å²) < 4.78 is 6.66. The number of rotatable bonds is 6. The Balaban J connectivity index is 2.22. The van der Waals surface area contributed by atoms with Crippen LogP contribution in [0, 0.1) is 5.41 Å². The second-order valence-electron chi connectivity index (χ2n) is 8.46. The van der Waals surface area contributed by atoms with Crippen molar-refractivity contribution in [3.8, 4) is 11.4 Å². The summed E-state index contributed by atoms with van der Waals surface area (Å²) in [5.74, 6) is -0.0462. The molecular formula is C23H28N2O5. The van der Waals surface area contributed by atoms with Crippen molar-refractivity contribution in [2.45, 2.75) is 46.1 Å². The number of carbonyl (C=O) groups is 2. The van der Waals surface area contributed by atoms with Crippen LogP contribution in [0.2, 0.25) is 0 Å². The molecule has 1 atom stereocenters. The van der Waals surface area contributed by atoms with E-state index in [0.717, 1.165) is 0 Å². The number of aliphatic hydroxyl groups excluding tert-OH is 1. The number of amides is 1. The molecular weight excluding hydrogens is 384 g/mol. The van der Waals surface area contributed by atoms with Gasteiger partial charge in [0.1, 0.15) is 11.3 Å². The molecule has 1 amide bonds. The van der Waals surface area contributed by atoms with Gasteiger partial charge in [-0.2, -0.15) is 0 Å². The van der Waals surface area contributed by atoms with E-state index in [1.54, 1.807) is 31.4 Å². The Morgan fingerprint density at radius 1 is 1.23 bits per heavy atom. The molecule has 0 saturated carbocycles. The fourth-order valence-corrected chi connectivity index (χ4v) is 3.82. The third-order valence-corrected chi connectivity index (χ3v) is 5.51. The number of ether oxygens (including phenoxy) is 1. The number of aromatic nitrogens is 1. The Morgan fingerprint density at radius 2 is 1.90 bits per heavy atom. The molecule has 7 nitrogen and oxygen atoms in total. The van der Waals surface area contributed by atoms with Gasteiger partial charge in [-0.3, -0.25) is 19.0 Å². The summed E-state index contributed by atoms with van der Waals surface area (Å²) in [4.78, 5) is 39.1. The van der Waals surface area contributed by atoms with Gasteiger partial charge in [-0.1, -0.05) is 20.8 Å². The van der Waals surface area contributed by atoms with E-state index in [2.05, 4.69) is 5.32 Å². The zero-order chi connectivity index (χ0) is 22.1. The molecule has 7 heteroatoms. The van der Waals surface area contributed by atoms with Crippen LogP contribution in [-0.4, -0.2) is 41.1 Å². The maximum atomic E-state index is 13.4. The van der Waals surface area contributed by atoms with E-state index in [9.17, 15) is 19.5 Å². The average Bonchev–Trinajstić information content (AvgIpc) is 2.71. The number of Topliss-reactive ketones (excluding diaryl/α,β-unsaturated/α-hetero) is 1. The lowest BCUT2D eigenvalue weighted by Gasteiger charge is -2.32. The number of fused-ring (bicyclic) bond motifs is 1. The summed E-state index contributed by atoms with van der Waals surface area (Å²) in [7, 11) is 1.56. The van der Waals surface area contributed by atoms with Crippen LogP contribution in [-0.2, 0) is 6.42 Å². The lowest BCUT2D eigenvalue weighted by molar-refractivity contribution is 0.0907. The van der Waals surface area contributed by atoms with Crippen molar-refractivity contribution < 1.29 is 19.4 Å². The molecule has 1 heterocycles. The topological polar surface area (TPSA) is 97.6 Å². The van der Waals surface area contributed by atoms with Gasteiger partial charge in [0.05, 0.1) is 19.8 Å². The van der Waals surface area contributed by atoms with Crippen molar-refractivity contribution in [1.29, 1.82) is 0 Å². The predicted molar refractivity (Wildman–Crippen MR) is 114 cm³/mol. The Morgan fingerprint density at radius 3 is 2.47 bits per heavy atom.